The van der Waals surface area contributed by atoms with Gasteiger partial charge in [0.15, 0.2) is 6.61 Å². The molecule has 1 rings (SSSR count). The Kier molecular flexibility index (Phi) is 6.10. The van der Waals surface area contributed by atoms with Crippen LogP contribution in [0.25, 0.3) is 0 Å². The Bertz CT molecular complexity index is 546. The van der Waals surface area contributed by atoms with Gasteiger partial charge in [0, 0.05) is 0 Å². The second kappa shape index (κ2) is 7.58. The van der Waals surface area contributed by atoms with Crippen LogP contribution in [-0.4, -0.2) is 29.5 Å². The van der Waals surface area contributed by atoms with E-state index in [1.165, 1.54) is 0 Å². The lowest BCUT2D eigenvalue weighted by Gasteiger charge is -2.19. The Labute approximate surface area is 128 Å². The van der Waals surface area contributed by atoms with Gasteiger partial charge >= 0.3 is 0 Å². The van der Waals surface area contributed by atoms with Gasteiger partial charge in [-0.05, 0) is 18.1 Å². The summed E-state index contributed by atoms with van der Waals surface area (Å²) in [5.74, 6) is -0.706. The summed E-state index contributed by atoms with van der Waals surface area (Å²) >= 11 is 4.90. The molecule has 21 heavy (non-hydrogen) atoms. The number of carbonyl (C=O) groups excluding carboxylic acids is 2. The molecule has 2 amide bonds. The Morgan fingerprint density at radius 3 is 2.43 bits per heavy atom. The molecule has 1 unspecified atom stereocenters. The Hall–Kier alpha value is -2.15. The highest BCUT2D eigenvalue weighted by atomic mass is 32.1. The van der Waals surface area contributed by atoms with Gasteiger partial charge in [0.1, 0.15) is 16.8 Å². The number of carbonyl (C=O) groups is 2. The van der Waals surface area contributed by atoms with E-state index in [-0.39, 0.29) is 17.5 Å². The molecule has 7 heteroatoms. The third-order valence-electron chi connectivity index (χ3n) is 2.80. The van der Waals surface area contributed by atoms with E-state index in [4.69, 9.17) is 28.4 Å². The molecule has 114 valence electrons. The van der Waals surface area contributed by atoms with Crippen molar-refractivity contribution in [2.45, 2.75) is 19.9 Å². The van der Waals surface area contributed by atoms with Crippen molar-refractivity contribution in [2.75, 3.05) is 6.61 Å². The molecular formula is C14H19N3O3S. The maximum absolute atomic E-state index is 11.8. The number of benzene rings is 1. The Morgan fingerprint density at radius 1 is 1.29 bits per heavy atom. The second-order valence-corrected chi connectivity index (χ2v) is 5.28. The molecule has 0 heterocycles. The standard InChI is InChI=1S/C14H19N3O3S/c1-8(2)12(13(15)19)17-11(18)7-20-10-6-4-3-5-9(10)14(16)21/h3-6,8,12H,7H2,1-2H3,(H2,15,19)(H2,16,21)(H,17,18). The van der Waals surface area contributed by atoms with Gasteiger partial charge in [-0.1, -0.05) is 38.2 Å². The van der Waals surface area contributed by atoms with Crippen LogP contribution in [0.15, 0.2) is 24.3 Å². The first-order chi connectivity index (χ1) is 9.82. The van der Waals surface area contributed by atoms with Crippen molar-refractivity contribution >= 4 is 29.0 Å². The SMILES string of the molecule is CC(C)C(NC(=O)COc1ccccc1C(N)=S)C(N)=O. The molecule has 0 spiro atoms. The fraction of sp³-hybridized carbons (Fsp3) is 0.357. The predicted molar refractivity (Wildman–Crippen MR) is 83.8 cm³/mol. The van der Waals surface area contributed by atoms with Crippen LogP contribution in [0.5, 0.6) is 5.75 Å². The summed E-state index contributed by atoms with van der Waals surface area (Å²) in [5.41, 5.74) is 11.4. The molecule has 1 aromatic carbocycles. The lowest BCUT2D eigenvalue weighted by Crippen LogP contribution is -2.49. The molecule has 0 saturated heterocycles. The van der Waals surface area contributed by atoms with Gasteiger partial charge in [-0.3, -0.25) is 9.59 Å². The van der Waals surface area contributed by atoms with Crippen molar-refractivity contribution < 1.29 is 14.3 Å². The fourth-order valence-electron chi connectivity index (χ4n) is 1.72. The summed E-state index contributed by atoms with van der Waals surface area (Å²) in [5, 5.41) is 2.53. The highest BCUT2D eigenvalue weighted by molar-refractivity contribution is 7.80. The maximum Gasteiger partial charge on any atom is 0.258 e. The zero-order valence-corrected chi connectivity index (χ0v) is 12.8. The minimum atomic E-state index is -0.730. The number of hydrogen-bond acceptors (Lipinski definition) is 4. The van der Waals surface area contributed by atoms with Gasteiger partial charge in [0.05, 0.1) is 5.56 Å². The van der Waals surface area contributed by atoms with E-state index < -0.39 is 17.9 Å². The summed E-state index contributed by atoms with van der Waals surface area (Å²) < 4.78 is 5.39. The van der Waals surface area contributed by atoms with E-state index in [1.54, 1.807) is 38.1 Å². The van der Waals surface area contributed by atoms with Crippen LogP contribution in [-0.2, 0) is 9.59 Å². The summed E-state index contributed by atoms with van der Waals surface area (Å²) in [6.45, 7) is 3.33. The molecule has 5 N–H and O–H groups in total. The molecule has 0 aliphatic heterocycles. The minimum absolute atomic E-state index is 0.102. The summed E-state index contributed by atoms with van der Waals surface area (Å²) in [7, 11) is 0. The number of nitrogens with two attached hydrogens (primary N) is 2. The van der Waals surface area contributed by atoms with Crippen molar-refractivity contribution in [3.63, 3.8) is 0 Å². The maximum atomic E-state index is 11.8. The topological polar surface area (TPSA) is 107 Å². The predicted octanol–water partition coefficient (Wildman–Crippen LogP) is 0.326. The molecule has 0 radical (unpaired) electrons. The van der Waals surface area contributed by atoms with E-state index >= 15 is 0 Å². The van der Waals surface area contributed by atoms with Crippen molar-refractivity contribution in [3.8, 4) is 5.75 Å². The monoisotopic (exact) mass is 309 g/mol. The zero-order chi connectivity index (χ0) is 16.0. The lowest BCUT2D eigenvalue weighted by atomic mass is 10.0. The number of ether oxygens (including phenoxy) is 1. The van der Waals surface area contributed by atoms with E-state index in [1.807, 2.05) is 0 Å². The summed E-state index contributed by atoms with van der Waals surface area (Å²) in [6.07, 6.45) is 0. The van der Waals surface area contributed by atoms with Crippen LogP contribution in [0.2, 0.25) is 0 Å². The van der Waals surface area contributed by atoms with Crippen LogP contribution in [0.3, 0.4) is 0 Å². The lowest BCUT2D eigenvalue weighted by molar-refractivity contribution is -0.129. The molecule has 0 fully saturated rings. The molecule has 0 aliphatic rings. The van der Waals surface area contributed by atoms with Gasteiger partial charge < -0.3 is 21.5 Å². The van der Waals surface area contributed by atoms with Gasteiger partial charge in [-0.25, -0.2) is 0 Å². The number of thiocarbonyl (C=S) groups is 1. The van der Waals surface area contributed by atoms with E-state index in [0.29, 0.717) is 11.3 Å². The van der Waals surface area contributed by atoms with Crippen molar-refractivity contribution in [2.24, 2.45) is 17.4 Å². The zero-order valence-electron chi connectivity index (χ0n) is 12.0. The quantitative estimate of drug-likeness (QED) is 0.629. The van der Waals surface area contributed by atoms with Crippen LogP contribution >= 0.6 is 12.2 Å². The summed E-state index contributed by atoms with van der Waals surface area (Å²) in [6, 6.07) is 6.15. The minimum Gasteiger partial charge on any atom is -0.483 e. The van der Waals surface area contributed by atoms with Gasteiger partial charge in [0.2, 0.25) is 5.91 Å². The van der Waals surface area contributed by atoms with Gasteiger partial charge in [-0.2, -0.15) is 0 Å². The largest absolute Gasteiger partial charge is 0.483 e. The fourth-order valence-corrected chi connectivity index (χ4v) is 1.89. The first-order valence-corrected chi connectivity index (χ1v) is 6.84. The second-order valence-electron chi connectivity index (χ2n) is 4.84. The number of amides is 2. The molecule has 1 atom stereocenters. The first kappa shape index (κ1) is 16.9. The van der Waals surface area contributed by atoms with Crippen LogP contribution < -0.4 is 21.5 Å². The van der Waals surface area contributed by atoms with Crippen molar-refractivity contribution in [1.29, 1.82) is 0 Å². The van der Waals surface area contributed by atoms with E-state index in [0.717, 1.165) is 0 Å². The molecule has 0 aliphatic carbocycles. The van der Waals surface area contributed by atoms with E-state index in [9.17, 15) is 9.59 Å². The molecular weight excluding hydrogens is 290 g/mol. The van der Waals surface area contributed by atoms with Gasteiger partial charge in [0.25, 0.3) is 5.91 Å². The number of para-hydroxylation sites is 1. The number of hydrogen-bond donors (Lipinski definition) is 3. The van der Waals surface area contributed by atoms with E-state index in [2.05, 4.69) is 5.32 Å². The highest BCUT2D eigenvalue weighted by Gasteiger charge is 2.21. The van der Waals surface area contributed by atoms with Crippen LogP contribution in [0.1, 0.15) is 19.4 Å². The first-order valence-electron chi connectivity index (χ1n) is 6.43. The third-order valence-corrected chi connectivity index (χ3v) is 3.02. The average molecular weight is 309 g/mol. The molecule has 0 saturated carbocycles. The Morgan fingerprint density at radius 2 is 1.90 bits per heavy atom. The molecule has 1 aromatic rings. The van der Waals surface area contributed by atoms with Crippen LogP contribution in [0, 0.1) is 5.92 Å². The normalized spacial score (nSPS) is 11.8. The smallest absolute Gasteiger partial charge is 0.258 e. The molecule has 0 bridgehead atoms. The number of nitrogens with one attached hydrogen (secondary N) is 1. The highest BCUT2D eigenvalue weighted by Crippen LogP contribution is 2.17. The van der Waals surface area contributed by atoms with Crippen molar-refractivity contribution in [1.82, 2.24) is 5.32 Å². The molecule has 6 nitrogen and oxygen atoms in total. The van der Waals surface area contributed by atoms with Crippen LogP contribution in [0.4, 0.5) is 0 Å². The third kappa shape index (κ3) is 5.03. The number of rotatable bonds is 7. The molecule has 0 aromatic heterocycles. The summed E-state index contributed by atoms with van der Waals surface area (Å²) in [4.78, 5) is 23.2. The average Bonchev–Trinajstić information content (AvgIpc) is 2.42. The van der Waals surface area contributed by atoms with Gasteiger partial charge in [-0.15, -0.1) is 0 Å². The Balaban J connectivity index is 2.65. The number of primary amides is 1. The van der Waals surface area contributed by atoms with Crippen molar-refractivity contribution in [3.05, 3.63) is 29.8 Å².